The number of carbonyl (C=O) groups excluding carboxylic acids is 2. The van der Waals surface area contributed by atoms with E-state index in [1.54, 1.807) is 16.7 Å². The fourth-order valence-corrected chi connectivity index (χ4v) is 3.10. The zero-order valence-corrected chi connectivity index (χ0v) is 13.4. The molecular weight excluding hydrogens is 292 g/mol. The fraction of sp³-hybridized carbons (Fsp3) is 0.333. The molecule has 1 aliphatic rings. The molecule has 0 N–H and O–H groups in total. The van der Waals surface area contributed by atoms with Crippen LogP contribution in [0.4, 0.5) is 5.69 Å². The van der Waals surface area contributed by atoms with Crippen LogP contribution >= 0.6 is 0 Å². The summed E-state index contributed by atoms with van der Waals surface area (Å²) in [7, 11) is 1.48. The van der Waals surface area contributed by atoms with Gasteiger partial charge in [0.1, 0.15) is 12.6 Å². The Kier molecular flexibility index (Phi) is 4.30. The Labute approximate surface area is 135 Å². The number of hydrogen-bond acceptors (Lipinski definition) is 3. The van der Waals surface area contributed by atoms with Crippen LogP contribution in [0.15, 0.2) is 42.5 Å². The molecule has 0 aliphatic carbocycles. The van der Waals surface area contributed by atoms with E-state index in [1.165, 1.54) is 7.11 Å². The van der Waals surface area contributed by atoms with Crippen molar-refractivity contribution >= 4 is 28.3 Å². The third-order valence-electron chi connectivity index (χ3n) is 4.30. The summed E-state index contributed by atoms with van der Waals surface area (Å²) in [5, 5.41) is 2.15. The van der Waals surface area contributed by atoms with E-state index in [9.17, 15) is 9.59 Å². The summed E-state index contributed by atoms with van der Waals surface area (Å²) in [6.45, 7) is 2.78. The molecule has 23 heavy (non-hydrogen) atoms. The third-order valence-corrected chi connectivity index (χ3v) is 4.30. The van der Waals surface area contributed by atoms with Gasteiger partial charge in [0, 0.05) is 25.6 Å². The summed E-state index contributed by atoms with van der Waals surface area (Å²) < 4.78 is 4.89. The first-order valence-corrected chi connectivity index (χ1v) is 7.71. The summed E-state index contributed by atoms with van der Waals surface area (Å²) in [4.78, 5) is 28.2. The van der Waals surface area contributed by atoms with Gasteiger partial charge in [0.15, 0.2) is 0 Å². The van der Waals surface area contributed by atoms with Gasteiger partial charge in [0.05, 0.1) is 5.69 Å². The molecule has 3 rings (SSSR count). The van der Waals surface area contributed by atoms with Gasteiger partial charge in [-0.15, -0.1) is 0 Å². The van der Waals surface area contributed by atoms with Gasteiger partial charge >= 0.3 is 0 Å². The van der Waals surface area contributed by atoms with Crippen molar-refractivity contribution in [2.75, 3.05) is 31.7 Å². The Morgan fingerprint density at radius 2 is 1.91 bits per heavy atom. The van der Waals surface area contributed by atoms with Crippen molar-refractivity contribution in [1.82, 2.24) is 4.90 Å². The first kappa shape index (κ1) is 15.5. The number of benzene rings is 2. The van der Waals surface area contributed by atoms with E-state index in [4.69, 9.17) is 4.74 Å². The summed E-state index contributed by atoms with van der Waals surface area (Å²) in [6, 6.07) is 13.5. The molecule has 1 fully saturated rings. The normalized spacial score (nSPS) is 18.5. The molecule has 0 unspecified atom stereocenters. The second-order valence-electron chi connectivity index (χ2n) is 5.68. The lowest BCUT2D eigenvalue weighted by atomic mass is 10.1. The van der Waals surface area contributed by atoms with Gasteiger partial charge in [-0.25, -0.2) is 0 Å². The molecule has 5 heteroatoms. The summed E-state index contributed by atoms with van der Waals surface area (Å²) in [5.41, 5.74) is 0.902. The van der Waals surface area contributed by atoms with Gasteiger partial charge in [0.25, 0.3) is 0 Å². The number of methoxy groups -OCH3 is 1. The van der Waals surface area contributed by atoms with Gasteiger partial charge < -0.3 is 14.5 Å². The molecule has 120 valence electrons. The monoisotopic (exact) mass is 312 g/mol. The minimum absolute atomic E-state index is 0.00584. The van der Waals surface area contributed by atoms with E-state index >= 15 is 0 Å². The van der Waals surface area contributed by atoms with Crippen molar-refractivity contribution in [3.63, 3.8) is 0 Å². The Hall–Kier alpha value is -2.40. The number of carbonyl (C=O) groups is 2. The molecule has 0 aromatic heterocycles. The maximum absolute atomic E-state index is 12.8. The van der Waals surface area contributed by atoms with E-state index in [2.05, 4.69) is 0 Å². The average Bonchev–Trinajstić information content (AvgIpc) is 2.57. The highest BCUT2D eigenvalue weighted by Crippen LogP contribution is 2.29. The van der Waals surface area contributed by atoms with Crippen LogP contribution in [0.2, 0.25) is 0 Å². The molecule has 1 saturated heterocycles. The van der Waals surface area contributed by atoms with Crippen LogP contribution in [-0.4, -0.2) is 49.6 Å². The van der Waals surface area contributed by atoms with Gasteiger partial charge in [0.2, 0.25) is 11.8 Å². The van der Waals surface area contributed by atoms with Crippen molar-refractivity contribution in [3.8, 4) is 0 Å². The van der Waals surface area contributed by atoms with Crippen LogP contribution in [0, 0.1) is 0 Å². The molecule has 0 saturated carbocycles. The van der Waals surface area contributed by atoms with Crippen LogP contribution in [-0.2, 0) is 14.3 Å². The molecule has 1 atom stereocenters. The highest BCUT2D eigenvalue weighted by molar-refractivity contribution is 6.06. The largest absolute Gasteiger partial charge is 0.375 e. The Morgan fingerprint density at radius 1 is 1.17 bits per heavy atom. The quantitative estimate of drug-likeness (QED) is 0.871. The number of ether oxygens (including phenoxy) is 1. The second-order valence-corrected chi connectivity index (χ2v) is 5.68. The Balaban J connectivity index is 1.90. The molecule has 0 radical (unpaired) electrons. The molecule has 2 amide bonds. The van der Waals surface area contributed by atoms with Crippen LogP contribution in [0.1, 0.15) is 6.92 Å². The van der Waals surface area contributed by atoms with E-state index in [1.807, 2.05) is 42.5 Å². The summed E-state index contributed by atoms with van der Waals surface area (Å²) in [6.07, 6.45) is 0. The number of fused-ring (bicyclic) bond motifs is 1. The molecular formula is C18H20N2O3. The SMILES string of the molecule is COCC(=O)N1CCN(c2cccc3ccccc23)C(=O)[C@H]1C. The molecule has 1 heterocycles. The second kappa shape index (κ2) is 6.38. The summed E-state index contributed by atoms with van der Waals surface area (Å²) in [5.74, 6) is -0.206. The zero-order valence-electron chi connectivity index (χ0n) is 13.4. The van der Waals surface area contributed by atoms with Crippen LogP contribution in [0.25, 0.3) is 10.8 Å². The van der Waals surface area contributed by atoms with E-state index in [0.717, 1.165) is 16.5 Å². The van der Waals surface area contributed by atoms with Crippen molar-refractivity contribution in [2.24, 2.45) is 0 Å². The van der Waals surface area contributed by atoms with Crippen LogP contribution in [0.5, 0.6) is 0 Å². The number of nitrogens with zero attached hydrogens (tertiary/aromatic N) is 2. The Bertz CT molecular complexity index is 739. The lowest BCUT2D eigenvalue weighted by molar-refractivity contribution is -0.143. The number of anilines is 1. The highest BCUT2D eigenvalue weighted by atomic mass is 16.5. The molecule has 0 spiro atoms. The van der Waals surface area contributed by atoms with Gasteiger partial charge in [-0.3, -0.25) is 9.59 Å². The topological polar surface area (TPSA) is 49.9 Å². The van der Waals surface area contributed by atoms with Crippen molar-refractivity contribution in [3.05, 3.63) is 42.5 Å². The number of hydrogen-bond donors (Lipinski definition) is 0. The predicted molar refractivity (Wildman–Crippen MR) is 89.4 cm³/mol. The van der Waals surface area contributed by atoms with Crippen LogP contribution < -0.4 is 4.90 Å². The number of amides is 2. The highest BCUT2D eigenvalue weighted by Gasteiger charge is 2.35. The smallest absolute Gasteiger partial charge is 0.249 e. The van der Waals surface area contributed by atoms with Crippen molar-refractivity contribution in [2.45, 2.75) is 13.0 Å². The number of rotatable bonds is 3. The summed E-state index contributed by atoms with van der Waals surface area (Å²) >= 11 is 0. The van der Waals surface area contributed by atoms with Gasteiger partial charge in [-0.05, 0) is 18.4 Å². The minimum Gasteiger partial charge on any atom is -0.375 e. The molecule has 0 bridgehead atoms. The average molecular weight is 312 g/mol. The third kappa shape index (κ3) is 2.80. The van der Waals surface area contributed by atoms with E-state index in [0.29, 0.717) is 13.1 Å². The fourth-order valence-electron chi connectivity index (χ4n) is 3.10. The molecule has 1 aliphatic heterocycles. The predicted octanol–water partition coefficient (Wildman–Crippen LogP) is 2.05. The van der Waals surface area contributed by atoms with Gasteiger partial charge in [-0.2, -0.15) is 0 Å². The van der Waals surface area contributed by atoms with Gasteiger partial charge in [-0.1, -0.05) is 36.4 Å². The lowest BCUT2D eigenvalue weighted by Gasteiger charge is -2.39. The van der Waals surface area contributed by atoms with Crippen molar-refractivity contribution in [1.29, 1.82) is 0 Å². The lowest BCUT2D eigenvalue weighted by Crippen LogP contribution is -2.58. The maximum Gasteiger partial charge on any atom is 0.249 e. The molecule has 2 aromatic rings. The zero-order chi connectivity index (χ0) is 16.4. The Morgan fingerprint density at radius 3 is 2.70 bits per heavy atom. The number of piperazine rings is 1. The standard InChI is InChI=1S/C18H20N2O3/c1-13-18(22)20(11-10-19(13)17(21)12-23-2)16-9-5-7-14-6-3-4-8-15(14)16/h3-9,13H,10-12H2,1-2H3/t13-/m1/s1. The maximum atomic E-state index is 12.8. The van der Waals surface area contributed by atoms with Crippen molar-refractivity contribution < 1.29 is 14.3 Å². The van der Waals surface area contributed by atoms with Crippen LogP contribution in [0.3, 0.4) is 0 Å². The van der Waals surface area contributed by atoms with E-state index in [-0.39, 0.29) is 18.4 Å². The minimum atomic E-state index is -0.481. The van der Waals surface area contributed by atoms with E-state index < -0.39 is 6.04 Å². The first-order valence-electron chi connectivity index (χ1n) is 7.71. The molecule has 2 aromatic carbocycles. The molecule has 5 nitrogen and oxygen atoms in total. The first-order chi connectivity index (χ1) is 11.1.